The summed E-state index contributed by atoms with van der Waals surface area (Å²) in [6, 6.07) is 0. The average molecular weight is 292 g/mol. The topological polar surface area (TPSA) is 21.1 Å². The highest BCUT2D eigenvalue weighted by Gasteiger charge is 2.14. The van der Waals surface area contributed by atoms with Crippen LogP contribution in [0.4, 0.5) is 0 Å². The fourth-order valence-electron chi connectivity index (χ4n) is 1.98. The van der Waals surface area contributed by atoms with E-state index in [1.807, 2.05) is 11.7 Å². The van der Waals surface area contributed by atoms with Crippen LogP contribution in [0.3, 0.4) is 0 Å². The molecular formula is C13H23Cl2N3. The van der Waals surface area contributed by atoms with Gasteiger partial charge in [-0.2, -0.15) is 5.10 Å². The summed E-state index contributed by atoms with van der Waals surface area (Å²) in [7, 11) is 4.08. The molecule has 0 saturated carbocycles. The second-order valence-corrected chi connectivity index (χ2v) is 5.43. The molecule has 0 spiro atoms. The number of alkyl halides is 1. The molecule has 0 radical (unpaired) electrons. The third-order valence-corrected chi connectivity index (χ3v) is 3.80. The van der Waals surface area contributed by atoms with Crippen LogP contribution in [0, 0.1) is 0 Å². The third kappa shape index (κ3) is 4.45. The Morgan fingerprint density at radius 1 is 1.28 bits per heavy atom. The van der Waals surface area contributed by atoms with Gasteiger partial charge in [0.1, 0.15) is 0 Å². The van der Waals surface area contributed by atoms with Crippen molar-refractivity contribution >= 4 is 23.2 Å². The zero-order valence-electron chi connectivity index (χ0n) is 11.5. The van der Waals surface area contributed by atoms with Gasteiger partial charge >= 0.3 is 0 Å². The number of unbranched alkanes of at least 4 members (excludes halogenated alkanes) is 2. The smallest absolute Gasteiger partial charge is 0.0863 e. The predicted octanol–water partition coefficient (Wildman–Crippen LogP) is 3.48. The van der Waals surface area contributed by atoms with Gasteiger partial charge in [-0.3, -0.25) is 4.68 Å². The van der Waals surface area contributed by atoms with E-state index in [-0.39, 0.29) is 0 Å². The standard InChI is InChI=1S/C13H23Cl2N3/c1-4-11-13(15)12(18(3)16-11)10-17(2)9-7-5-6-8-14/h4-10H2,1-3H3. The maximum atomic E-state index is 6.33. The van der Waals surface area contributed by atoms with Gasteiger partial charge in [0.15, 0.2) is 0 Å². The summed E-state index contributed by atoms with van der Waals surface area (Å²) >= 11 is 12.0. The third-order valence-electron chi connectivity index (χ3n) is 3.10. The molecule has 0 amide bonds. The average Bonchev–Trinajstić information content (AvgIpc) is 2.62. The van der Waals surface area contributed by atoms with Crippen molar-refractivity contribution in [3.8, 4) is 0 Å². The van der Waals surface area contributed by atoms with Gasteiger partial charge in [-0.1, -0.05) is 24.9 Å². The normalized spacial score (nSPS) is 11.4. The highest BCUT2D eigenvalue weighted by Crippen LogP contribution is 2.21. The Hall–Kier alpha value is -0.250. The number of halogens is 2. The second-order valence-electron chi connectivity index (χ2n) is 4.67. The van der Waals surface area contributed by atoms with Crippen molar-refractivity contribution in [3.63, 3.8) is 0 Å². The largest absolute Gasteiger partial charge is 0.301 e. The molecule has 0 aliphatic rings. The van der Waals surface area contributed by atoms with Gasteiger partial charge in [0, 0.05) is 19.5 Å². The lowest BCUT2D eigenvalue weighted by Crippen LogP contribution is -2.21. The van der Waals surface area contributed by atoms with Gasteiger partial charge in [-0.15, -0.1) is 11.6 Å². The minimum absolute atomic E-state index is 0.761. The van der Waals surface area contributed by atoms with Gasteiger partial charge in [0.05, 0.1) is 16.4 Å². The second kappa shape index (κ2) is 8.03. The Bertz CT molecular complexity index is 363. The Balaban J connectivity index is 2.48. The summed E-state index contributed by atoms with van der Waals surface area (Å²) in [5, 5.41) is 5.26. The van der Waals surface area contributed by atoms with Crippen LogP contribution in [0.15, 0.2) is 0 Å². The summed E-state index contributed by atoms with van der Waals surface area (Å²) in [6.07, 6.45) is 4.35. The van der Waals surface area contributed by atoms with E-state index in [4.69, 9.17) is 23.2 Å². The van der Waals surface area contributed by atoms with Gasteiger partial charge in [0.25, 0.3) is 0 Å². The van der Waals surface area contributed by atoms with Crippen molar-refractivity contribution in [1.82, 2.24) is 14.7 Å². The van der Waals surface area contributed by atoms with Gasteiger partial charge in [0.2, 0.25) is 0 Å². The molecule has 0 saturated heterocycles. The van der Waals surface area contributed by atoms with Crippen molar-refractivity contribution in [2.24, 2.45) is 7.05 Å². The number of hydrogen-bond donors (Lipinski definition) is 0. The monoisotopic (exact) mass is 291 g/mol. The van der Waals surface area contributed by atoms with E-state index in [9.17, 15) is 0 Å². The molecule has 0 unspecified atom stereocenters. The molecule has 18 heavy (non-hydrogen) atoms. The zero-order chi connectivity index (χ0) is 13.5. The SMILES string of the molecule is CCc1nn(C)c(CN(C)CCCCCCl)c1Cl. The summed E-state index contributed by atoms with van der Waals surface area (Å²) < 4.78 is 1.90. The minimum atomic E-state index is 0.761. The molecule has 0 N–H and O–H groups in total. The number of rotatable bonds is 8. The first kappa shape index (κ1) is 15.8. The lowest BCUT2D eigenvalue weighted by molar-refractivity contribution is 0.309. The van der Waals surface area contributed by atoms with Gasteiger partial charge in [-0.25, -0.2) is 0 Å². The molecule has 0 aliphatic heterocycles. The Morgan fingerprint density at radius 2 is 2.00 bits per heavy atom. The van der Waals surface area contributed by atoms with Crippen molar-refractivity contribution in [3.05, 3.63) is 16.4 Å². The van der Waals surface area contributed by atoms with Crippen LogP contribution in [-0.4, -0.2) is 34.2 Å². The van der Waals surface area contributed by atoms with Crippen LogP contribution in [0.25, 0.3) is 0 Å². The van der Waals surface area contributed by atoms with E-state index < -0.39 is 0 Å². The van der Waals surface area contributed by atoms with Crippen molar-refractivity contribution in [1.29, 1.82) is 0 Å². The fourth-order valence-corrected chi connectivity index (χ4v) is 2.52. The van der Waals surface area contributed by atoms with Crippen LogP contribution in [0.2, 0.25) is 5.02 Å². The highest BCUT2D eigenvalue weighted by atomic mass is 35.5. The van der Waals surface area contributed by atoms with E-state index in [0.717, 1.165) is 48.2 Å². The molecule has 1 aromatic heterocycles. The van der Waals surface area contributed by atoms with Crippen molar-refractivity contribution in [2.75, 3.05) is 19.5 Å². The molecule has 0 aromatic carbocycles. The van der Waals surface area contributed by atoms with Gasteiger partial charge in [-0.05, 0) is 32.9 Å². The zero-order valence-corrected chi connectivity index (χ0v) is 13.1. The van der Waals surface area contributed by atoms with Crippen molar-refractivity contribution in [2.45, 2.75) is 39.2 Å². The number of nitrogens with zero attached hydrogens (tertiary/aromatic N) is 3. The number of hydrogen-bond acceptors (Lipinski definition) is 2. The first-order valence-electron chi connectivity index (χ1n) is 6.54. The Morgan fingerprint density at radius 3 is 2.56 bits per heavy atom. The Kier molecular flexibility index (Phi) is 7.05. The van der Waals surface area contributed by atoms with Crippen LogP contribution in [0.5, 0.6) is 0 Å². The van der Waals surface area contributed by atoms with Crippen molar-refractivity contribution < 1.29 is 0 Å². The maximum absolute atomic E-state index is 6.33. The quantitative estimate of drug-likeness (QED) is 0.540. The minimum Gasteiger partial charge on any atom is -0.301 e. The molecule has 1 rings (SSSR count). The molecule has 1 aromatic rings. The summed E-state index contributed by atoms with van der Waals surface area (Å²) in [4.78, 5) is 2.29. The lowest BCUT2D eigenvalue weighted by atomic mass is 10.2. The molecule has 0 aliphatic carbocycles. The fraction of sp³-hybridized carbons (Fsp3) is 0.769. The maximum Gasteiger partial charge on any atom is 0.0863 e. The van der Waals surface area contributed by atoms with Gasteiger partial charge < -0.3 is 4.90 Å². The lowest BCUT2D eigenvalue weighted by Gasteiger charge is -2.16. The van der Waals surface area contributed by atoms with Crippen LogP contribution in [-0.2, 0) is 20.0 Å². The van der Waals surface area contributed by atoms with E-state index in [1.165, 1.54) is 12.8 Å². The summed E-state index contributed by atoms with van der Waals surface area (Å²) in [6.45, 7) is 4.00. The molecule has 5 heteroatoms. The molecule has 0 fully saturated rings. The number of aryl methyl sites for hydroxylation is 2. The number of aromatic nitrogens is 2. The van der Waals surface area contributed by atoms with E-state index in [2.05, 4.69) is 24.0 Å². The molecular weight excluding hydrogens is 269 g/mol. The van der Waals surface area contributed by atoms with E-state index >= 15 is 0 Å². The summed E-state index contributed by atoms with van der Waals surface area (Å²) in [5.41, 5.74) is 2.10. The first-order chi connectivity index (χ1) is 8.60. The molecule has 0 bridgehead atoms. The highest BCUT2D eigenvalue weighted by molar-refractivity contribution is 6.31. The molecule has 1 heterocycles. The summed E-state index contributed by atoms with van der Waals surface area (Å²) in [5.74, 6) is 0.761. The Labute approximate surface area is 120 Å². The van der Waals surface area contributed by atoms with E-state index in [0.29, 0.717) is 0 Å². The molecule has 0 atom stereocenters. The van der Waals surface area contributed by atoms with Crippen LogP contribution < -0.4 is 0 Å². The van der Waals surface area contributed by atoms with Crippen LogP contribution >= 0.6 is 23.2 Å². The first-order valence-corrected chi connectivity index (χ1v) is 7.46. The van der Waals surface area contributed by atoms with E-state index in [1.54, 1.807) is 0 Å². The predicted molar refractivity (Wildman–Crippen MR) is 78.5 cm³/mol. The van der Waals surface area contributed by atoms with Crippen LogP contribution in [0.1, 0.15) is 37.6 Å². The molecule has 104 valence electrons. The molecule has 3 nitrogen and oxygen atoms in total.